The van der Waals surface area contributed by atoms with Gasteiger partial charge in [0.05, 0.1) is 9.46 Å². The summed E-state index contributed by atoms with van der Waals surface area (Å²) in [4.78, 5) is 27.7. The van der Waals surface area contributed by atoms with Crippen molar-refractivity contribution >= 4 is 44.0 Å². The average Bonchev–Trinajstić information content (AvgIpc) is 3.16. The molecule has 0 N–H and O–H groups in total. The van der Waals surface area contributed by atoms with Gasteiger partial charge < -0.3 is 0 Å². The maximum Gasteiger partial charge on any atom is 0.291 e. The van der Waals surface area contributed by atoms with Crippen LogP contribution in [0.3, 0.4) is 0 Å². The summed E-state index contributed by atoms with van der Waals surface area (Å²) in [6.45, 7) is 0. The molecule has 0 atom stereocenters. The topological polar surface area (TPSA) is 90.4 Å². The summed E-state index contributed by atoms with van der Waals surface area (Å²) in [7, 11) is 0. The molecule has 0 aliphatic rings. The molecule has 0 unspecified atom stereocenters. The van der Waals surface area contributed by atoms with Crippen LogP contribution in [0.5, 0.6) is 0 Å². The van der Waals surface area contributed by atoms with Crippen LogP contribution in [0.4, 0.5) is 5.69 Å². The Hall–Kier alpha value is -2.91. The van der Waals surface area contributed by atoms with E-state index in [2.05, 4.69) is 26.0 Å². The molecular weight excluding hydrogens is 420 g/mol. The van der Waals surface area contributed by atoms with Gasteiger partial charge in [-0.25, -0.2) is 0 Å². The Morgan fingerprint density at radius 2 is 1.88 bits per heavy atom. The molecule has 0 saturated heterocycles. The second kappa shape index (κ2) is 6.43. The highest BCUT2D eigenvalue weighted by Crippen LogP contribution is 2.25. The maximum atomic E-state index is 12.6. The first kappa shape index (κ1) is 16.6. The molecule has 0 spiro atoms. The molecule has 128 valence electrons. The van der Waals surface area contributed by atoms with Gasteiger partial charge in [0.25, 0.3) is 11.2 Å². The number of rotatable bonds is 3. The molecule has 0 amide bonds. The number of halogens is 1. The molecule has 0 radical (unpaired) electrons. The summed E-state index contributed by atoms with van der Waals surface area (Å²) >= 11 is 4.68. The van der Waals surface area contributed by atoms with Crippen LogP contribution in [0.1, 0.15) is 5.56 Å². The van der Waals surface area contributed by atoms with Gasteiger partial charge in [-0.3, -0.25) is 14.9 Å². The van der Waals surface area contributed by atoms with Crippen molar-refractivity contribution in [2.45, 2.75) is 0 Å². The van der Waals surface area contributed by atoms with E-state index in [0.29, 0.717) is 20.9 Å². The lowest BCUT2D eigenvalue weighted by atomic mass is 10.2. The molecule has 0 bridgehead atoms. The number of hydrogen-bond donors (Lipinski definition) is 0. The number of nitro groups is 1. The Bertz CT molecular complexity index is 1250. The minimum Gasteiger partial charge on any atom is -0.266 e. The summed E-state index contributed by atoms with van der Waals surface area (Å²) in [6.07, 6.45) is 1.67. The van der Waals surface area contributed by atoms with Crippen molar-refractivity contribution in [2.24, 2.45) is 0 Å². The fourth-order valence-electron chi connectivity index (χ4n) is 2.43. The molecule has 9 heteroatoms. The van der Waals surface area contributed by atoms with Gasteiger partial charge in [-0.15, -0.1) is 5.10 Å². The van der Waals surface area contributed by atoms with Crippen molar-refractivity contribution in [1.29, 1.82) is 0 Å². The van der Waals surface area contributed by atoms with Crippen LogP contribution in [0.25, 0.3) is 22.4 Å². The Morgan fingerprint density at radius 3 is 2.54 bits per heavy atom. The van der Waals surface area contributed by atoms with Crippen LogP contribution in [0.15, 0.2) is 57.8 Å². The van der Waals surface area contributed by atoms with Crippen LogP contribution in [0, 0.1) is 10.1 Å². The van der Waals surface area contributed by atoms with Gasteiger partial charge in [0.1, 0.15) is 0 Å². The average molecular weight is 429 g/mol. The van der Waals surface area contributed by atoms with Gasteiger partial charge in [0, 0.05) is 22.2 Å². The molecule has 7 nitrogen and oxygen atoms in total. The monoisotopic (exact) mass is 428 g/mol. The predicted molar refractivity (Wildman–Crippen MR) is 102 cm³/mol. The zero-order valence-corrected chi connectivity index (χ0v) is 15.4. The second-order valence-electron chi connectivity index (χ2n) is 5.37. The third kappa shape index (κ3) is 2.91. The third-order valence-corrected chi connectivity index (χ3v) is 5.35. The molecule has 0 fully saturated rings. The van der Waals surface area contributed by atoms with Crippen molar-refractivity contribution in [2.75, 3.05) is 0 Å². The number of non-ortho nitro benzene ring substituents is 1. The van der Waals surface area contributed by atoms with E-state index in [0.717, 1.165) is 10.0 Å². The highest BCUT2D eigenvalue weighted by molar-refractivity contribution is 9.10. The smallest absolute Gasteiger partial charge is 0.266 e. The quantitative estimate of drug-likeness (QED) is 0.369. The summed E-state index contributed by atoms with van der Waals surface area (Å²) in [6, 6.07) is 13.5. The molecule has 4 aromatic rings. The van der Waals surface area contributed by atoms with Gasteiger partial charge in [-0.2, -0.15) is 9.50 Å². The van der Waals surface area contributed by atoms with Crippen molar-refractivity contribution in [1.82, 2.24) is 14.6 Å². The number of hydrogen-bond acceptors (Lipinski definition) is 6. The minimum absolute atomic E-state index is 0.00484. The zero-order chi connectivity index (χ0) is 18.3. The summed E-state index contributed by atoms with van der Waals surface area (Å²) in [5.41, 5.74) is 1.24. The van der Waals surface area contributed by atoms with E-state index in [1.165, 1.54) is 28.0 Å². The number of nitrogens with zero attached hydrogens (tertiary/aromatic N) is 4. The van der Waals surface area contributed by atoms with Crippen molar-refractivity contribution in [3.8, 4) is 11.4 Å². The molecule has 26 heavy (non-hydrogen) atoms. The van der Waals surface area contributed by atoms with Crippen LogP contribution in [-0.4, -0.2) is 19.5 Å². The molecule has 0 saturated carbocycles. The SMILES string of the molecule is O=c1c(=Cc2ccc([N+](=O)[O-])cc2)sc2nc(-c3ccccc3Br)nn12. The van der Waals surface area contributed by atoms with E-state index in [1.807, 2.05) is 24.3 Å². The fraction of sp³-hybridized carbons (Fsp3) is 0. The maximum absolute atomic E-state index is 12.6. The molecular formula is C17H9BrN4O3S. The van der Waals surface area contributed by atoms with Gasteiger partial charge in [-0.05, 0) is 35.9 Å². The summed E-state index contributed by atoms with van der Waals surface area (Å²) in [5.74, 6) is 0.475. The van der Waals surface area contributed by atoms with E-state index < -0.39 is 4.92 Å². The predicted octanol–water partition coefficient (Wildman–Crippen LogP) is 3.04. The molecule has 2 heterocycles. The van der Waals surface area contributed by atoms with E-state index in [9.17, 15) is 14.9 Å². The zero-order valence-electron chi connectivity index (χ0n) is 13.0. The summed E-state index contributed by atoms with van der Waals surface area (Å²) in [5, 5.41) is 15.0. The van der Waals surface area contributed by atoms with Crippen LogP contribution in [-0.2, 0) is 0 Å². The summed E-state index contributed by atoms with van der Waals surface area (Å²) < 4.78 is 2.59. The number of nitro benzene ring substituents is 1. The lowest BCUT2D eigenvalue weighted by Gasteiger charge is -1.97. The van der Waals surface area contributed by atoms with E-state index in [1.54, 1.807) is 18.2 Å². The van der Waals surface area contributed by atoms with Crippen LogP contribution < -0.4 is 10.1 Å². The Morgan fingerprint density at radius 1 is 1.15 bits per heavy atom. The molecule has 0 aliphatic carbocycles. The molecule has 2 aromatic carbocycles. The third-order valence-electron chi connectivity index (χ3n) is 3.70. The highest BCUT2D eigenvalue weighted by Gasteiger charge is 2.13. The standard InChI is InChI=1S/C17H9BrN4O3S/c18-13-4-2-1-3-12(13)15-19-17-21(20-15)16(23)14(26-17)9-10-5-7-11(8-6-10)22(24)25/h1-9H. The molecule has 2 aromatic heterocycles. The first-order valence-corrected chi connectivity index (χ1v) is 9.04. The van der Waals surface area contributed by atoms with E-state index in [4.69, 9.17) is 0 Å². The first-order chi connectivity index (χ1) is 12.5. The lowest BCUT2D eigenvalue weighted by Crippen LogP contribution is -2.23. The first-order valence-electron chi connectivity index (χ1n) is 7.43. The van der Waals surface area contributed by atoms with Gasteiger partial charge in [0.15, 0.2) is 5.82 Å². The number of benzene rings is 2. The van der Waals surface area contributed by atoms with E-state index >= 15 is 0 Å². The van der Waals surface area contributed by atoms with Crippen molar-refractivity contribution in [3.63, 3.8) is 0 Å². The fourth-order valence-corrected chi connectivity index (χ4v) is 3.80. The number of thiazole rings is 1. The normalized spacial score (nSPS) is 12.0. The lowest BCUT2D eigenvalue weighted by molar-refractivity contribution is -0.384. The molecule has 4 rings (SSSR count). The Kier molecular flexibility index (Phi) is 4.09. The largest absolute Gasteiger partial charge is 0.291 e. The van der Waals surface area contributed by atoms with Crippen LogP contribution >= 0.6 is 27.3 Å². The van der Waals surface area contributed by atoms with Gasteiger partial charge >= 0.3 is 0 Å². The Balaban J connectivity index is 1.77. The van der Waals surface area contributed by atoms with Gasteiger partial charge in [0.2, 0.25) is 4.96 Å². The van der Waals surface area contributed by atoms with Crippen molar-refractivity contribution < 1.29 is 4.92 Å². The number of aromatic nitrogens is 3. The van der Waals surface area contributed by atoms with Gasteiger partial charge in [-0.1, -0.05) is 39.4 Å². The van der Waals surface area contributed by atoms with Crippen molar-refractivity contribution in [3.05, 3.63) is 83.6 Å². The highest BCUT2D eigenvalue weighted by atomic mass is 79.9. The minimum atomic E-state index is -0.463. The van der Waals surface area contributed by atoms with Crippen LogP contribution in [0.2, 0.25) is 0 Å². The molecule has 0 aliphatic heterocycles. The van der Waals surface area contributed by atoms with E-state index in [-0.39, 0.29) is 11.2 Å². The second-order valence-corrected chi connectivity index (χ2v) is 7.24. The number of fused-ring (bicyclic) bond motifs is 1. The Labute approximate surface area is 158 Å².